The van der Waals surface area contributed by atoms with Crippen molar-refractivity contribution in [1.82, 2.24) is 0 Å². The summed E-state index contributed by atoms with van der Waals surface area (Å²) in [5.74, 6) is 1.50. The highest BCUT2D eigenvalue weighted by molar-refractivity contribution is 9.10. The number of aliphatic imine (C=N–C) groups is 1. The summed E-state index contributed by atoms with van der Waals surface area (Å²) in [4.78, 5) is 4.61. The maximum atomic E-state index is 9.97. The van der Waals surface area contributed by atoms with Crippen molar-refractivity contribution in [3.63, 3.8) is 0 Å². The molecule has 32 heavy (non-hydrogen) atoms. The molecule has 3 atom stereocenters. The Labute approximate surface area is 196 Å². The van der Waals surface area contributed by atoms with Gasteiger partial charge in [0.25, 0.3) is 0 Å². The largest absolute Gasteiger partial charge is 0.503 e. The van der Waals surface area contributed by atoms with Crippen molar-refractivity contribution in [2.24, 2.45) is 10.9 Å². The van der Waals surface area contributed by atoms with Crippen LogP contribution in [0.5, 0.6) is 11.5 Å². The zero-order valence-electron chi connectivity index (χ0n) is 18.0. The molecule has 0 bridgehead atoms. The lowest BCUT2D eigenvalue weighted by molar-refractivity contribution is 0.372. The first-order valence-corrected chi connectivity index (χ1v) is 11.6. The lowest BCUT2D eigenvalue weighted by Gasteiger charge is -2.37. The Morgan fingerprint density at radius 2 is 1.94 bits per heavy atom. The van der Waals surface area contributed by atoms with E-state index in [2.05, 4.69) is 87.8 Å². The molecule has 3 aromatic rings. The van der Waals surface area contributed by atoms with Crippen LogP contribution in [0.25, 0.3) is 0 Å². The molecule has 0 spiro atoms. The van der Waals surface area contributed by atoms with Gasteiger partial charge in [0.2, 0.25) is 0 Å². The van der Waals surface area contributed by atoms with Gasteiger partial charge >= 0.3 is 0 Å². The second-order valence-corrected chi connectivity index (χ2v) is 9.32. The van der Waals surface area contributed by atoms with Crippen molar-refractivity contribution in [3.05, 3.63) is 93.5 Å². The number of benzene rings is 3. The molecule has 1 aliphatic carbocycles. The lowest BCUT2D eigenvalue weighted by Crippen LogP contribution is -2.29. The smallest absolute Gasteiger partial charge is 0.172 e. The molecule has 5 rings (SSSR count). The van der Waals surface area contributed by atoms with Gasteiger partial charge in [0, 0.05) is 17.8 Å². The number of rotatable bonds is 4. The second-order valence-electron chi connectivity index (χ2n) is 8.47. The van der Waals surface area contributed by atoms with Crippen LogP contribution in [-0.4, -0.2) is 18.4 Å². The third-order valence-electron chi connectivity index (χ3n) is 6.40. The quantitative estimate of drug-likeness (QED) is 0.305. The Bertz CT molecular complexity index is 1220. The summed E-state index contributed by atoms with van der Waals surface area (Å²) in [5, 5.41) is 13.8. The van der Waals surface area contributed by atoms with Crippen LogP contribution in [0.4, 0.5) is 11.4 Å². The first-order chi connectivity index (χ1) is 15.5. The third kappa shape index (κ3) is 3.82. The van der Waals surface area contributed by atoms with Gasteiger partial charge < -0.3 is 15.2 Å². The van der Waals surface area contributed by atoms with E-state index >= 15 is 0 Å². The number of nitrogens with one attached hydrogen (secondary N) is 1. The molecule has 0 unspecified atom stereocenters. The van der Waals surface area contributed by atoms with Gasteiger partial charge in [0.1, 0.15) is 0 Å². The van der Waals surface area contributed by atoms with E-state index in [0.717, 1.165) is 17.7 Å². The van der Waals surface area contributed by atoms with Gasteiger partial charge in [-0.1, -0.05) is 42.0 Å². The summed E-state index contributed by atoms with van der Waals surface area (Å²) in [6, 6.07) is 19.0. The molecular weight excluding hydrogens is 464 g/mol. The van der Waals surface area contributed by atoms with E-state index in [4.69, 9.17) is 4.74 Å². The van der Waals surface area contributed by atoms with Gasteiger partial charge in [-0.2, -0.15) is 0 Å². The fourth-order valence-electron chi connectivity index (χ4n) is 4.78. The van der Waals surface area contributed by atoms with Gasteiger partial charge in [-0.15, -0.1) is 0 Å². The monoisotopic (exact) mass is 488 g/mol. The molecule has 2 aliphatic rings. The zero-order valence-corrected chi connectivity index (χ0v) is 19.6. The molecule has 0 radical (unpaired) electrons. The topological polar surface area (TPSA) is 53.8 Å². The number of halogens is 1. The average molecular weight is 489 g/mol. The van der Waals surface area contributed by atoms with Gasteiger partial charge in [-0.3, -0.25) is 4.99 Å². The number of anilines is 1. The highest BCUT2D eigenvalue weighted by atomic mass is 79.9. The molecule has 1 heterocycles. The molecule has 4 nitrogen and oxygen atoms in total. The number of fused-ring (bicyclic) bond motifs is 3. The van der Waals surface area contributed by atoms with Gasteiger partial charge in [0.05, 0.1) is 23.3 Å². The van der Waals surface area contributed by atoms with Crippen molar-refractivity contribution in [2.75, 3.05) is 12.4 Å². The minimum atomic E-state index is 0.0884. The van der Waals surface area contributed by atoms with E-state index in [0.29, 0.717) is 22.1 Å². The number of phenolic OH excluding ortho intramolecular Hbond substituents is 1. The van der Waals surface area contributed by atoms with Crippen molar-refractivity contribution < 1.29 is 9.84 Å². The number of nitrogens with zero attached hydrogens (tertiary/aromatic N) is 1. The van der Waals surface area contributed by atoms with Crippen molar-refractivity contribution in [1.29, 1.82) is 0 Å². The normalized spacial score (nSPS) is 21.3. The summed E-state index contributed by atoms with van der Waals surface area (Å²) in [7, 11) is 1.53. The molecule has 0 saturated carbocycles. The van der Waals surface area contributed by atoms with Crippen molar-refractivity contribution in [3.8, 4) is 11.5 Å². The minimum absolute atomic E-state index is 0.0884. The zero-order chi connectivity index (χ0) is 22.2. The fraction of sp³-hybridized carbons (Fsp3) is 0.222. The van der Waals surface area contributed by atoms with Crippen LogP contribution >= 0.6 is 15.9 Å². The first kappa shape index (κ1) is 20.8. The molecule has 0 amide bonds. The predicted molar refractivity (Wildman–Crippen MR) is 134 cm³/mol. The van der Waals surface area contributed by atoms with Gasteiger partial charge in [0.15, 0.2) is 11.5 Å². The maximum absolute atomic E-state index is 9.97. The van der Waals surface area contributed by atoms with E-state index < -0.39 is 0 Å². The Kier molecular flexibility index (Phi) is 5.51. The summed E-state index contributed by atoms with van der Waals surface area (Å²) in [5.41, 5.74) is 6.96. The van der Waals surface area contributed by atoms with Crippen molar-refractivity contribution >= 4 is 33.5 Å². The number of hydrogen-bond donors (Lipinski definition) is 2. The van der Waals surface area contributed by atoms with E-state index in [1.807, 2.05) is 6.07 Å². The fourth-order valence-corrected chi connectivity index (χ4v) is 5.24. The van der Waals surface area contributed by atoms with Crippen LogP contribution < -0.4 is 10.1 Å². The Hall–Kier alpha value is -3.05. The Morgan fingerprint density at radius 1 is 1.12 bits per heavy atom. The first-order valence-electron chi connectivity index (χ1n) is 10.8. The van der Waals surface area contributed by atoms with Crippen LogP contribution in [0, 0.1) is 12.8 Å². The molecule has 5 heteroatoms. The Morgan fingerprint density at radius 3 is 2.72 bits per heavy atom. The molecule has 0 aromatic heterocycles. The molecule has 0 fully saturated rings. The minimum Gasteiger partial charge on any atom is -0.503 e. The molecule has 0 saturated heterocycles. The molecule has 3 aromatic carbocycles. The summed E-state index contributed by atoms with van der Waals surface area (Å²) >= 11 is 3.35. The average Bonchev–Trinajstić information content (AvgIpc) is 3.30. The number of aromatic hydroxyl groups is 1. The number of aryl methyl sites for hydroxylation is 1. The van der Waals surface area contributed by atoms with Crippen LogP contribution in [-0.2, 0) is 0 Å². The lowest BCUT2D eigenvalue weighted by atomic mass is 9.76. The summed E-state index contributed by atoms with van der Waals surface area (Å²) in [6.07, 6.45) is 7.56. The highest BCUT2D eigenvalue weighted by Gasteiger charge is 2.37. The molecule has 2 N–H and O–H groups in total. The number of phenols is 1. The van der Waals surface area contributed by atoms with Crippen LogP contribution in [0.15, 0.2) is 76.2 Å². The number of allylic oxidation sites excluding steroid dienone is 2. The Balaban J connectivity index is 1.38. The number of hydrogen-bond acceptors (Lipinski definition) is 4. The highest BCUT2D eigenvalue weighted by Crippen LogP contribution is 2.50. The second kappa shape index (κ2) is 8.47. The van der Waals surface area contributed by atoms with E-state index in [1.165, 1.54) is 29.5 Å². The number of methoxy groups -OCH3 is 1. The maximum Gasteiger partial charge on any atom is 0.172 e. The predicted octanol–water partition coefficient (Wildman–Crippen LogP) is 7.05. The summed E-state index contributed by atoms with van der Waals surface area (Å²) < 4.78 is 5.79. The SMILES string of the molecule is COc1cc(C=Nc2ccc([C@@H]3Nc4ccc(C)cc4[C@@H]4C=CC[C@@H]43)cc2)cc(Br)c1O. The van der Waals surface area contributed by atoms with Gasteiger partial charge in [-0.25, -0.2) is 0 Å². The van der Waals surface area contributed by atoms with E-state index in [1.54, 1.807) is 12.3 Å². The van der Waals surface area contributed by atoms with Crippen LogP contribution in [0.3, 0.4) is 0 Å². The van der Waals surface area contributed by atoms with E-state index in [9.17, 15) is 5.11 Å². The third-order valence-corrected chi connectivity index (χ3v) is 7.01. The molecule has 1 aliphatic heterocycles. The summed E-state index contributed by atoms with van der Waals surface area (Å²) in [6.45, 7) is 2.16. The number of ether oxygens (including phenoxy) is 1. The van der Waals surface area contributed by atoms with Crippen LogP contribution in [0.2, 0.25) is 0 Å². The van der Waals surface area contributed by atoms with Crippen LogP contribution in [0.1, 0.15) is 40.6 Å². The molecule has 162 valence electrons. The molecular formula is C27H25BrN2O2. The van der Waals surface area contributed by atoms with Gasteiger partial charge in [-0.05, 0) is 82.2 Å². The standard InChI is InChI=1S/C27H25BrN2O2/c1-16-6-11-24-22(12-16)20-4-3-5-21(20)26(30-24)18-7-9-19(10-8-18)29-15-17-13-23(28)27(31)25(14-17)32-2/h3-4,6-15,20-21,26,30-31H,5H2,1-2H3/t20-,21+,26+/m1/s1. The van der Waals surface area contributed by atoms with Crippen molar-refractivity contribution in [2.45, 2.75) is 25.3 Å². The van der Waals surface area contributed by atoms with E-state index in [-0.39, 0.29) is 11.8 Å².